The summed E-state index contributed by atoms with van der Waals surface area (Å²) in [5.41, 5.74) is 2.01. The molecule has 6 heteroatoms. The highest BCUT2D eigenvalue weighted by atomic mass is 35.5. The van der Waals surface area contributed by atoms with Crippen molar-refractivity contribution >= 4 is 34.8 Å². The number of ether oxygens (including phenoxy) is 2. The Morgan fingerprint density at radius 2 is 1.67 bits per heavy atom. The van der Waals surface area contributed by atoms with Crippen LogP contribution in [0.25, 0.3) is 0 Å². The Labute approximate surface area is 175 Å². The first-order chi connectivity index (χ1) is 13.1. The summed E-state index contributed by atoms with van der Waals surface area (Å²) in [6, 6.07) is 9.97. The van der Waals surface area contributed by atoms with Crippen molar-refractivity contribution in [1.29, 1.82) is 0 Å². The lowest BCUT2D eigenvalue weighted by Crippen LogP contribution is -2.25. The van der Waals surface area contributed by atoms with Crippen molar-refractivity contribution in [3.63, 3.8) is 0 Å². The Bertz CT molecular complexity index is 776. The Morgan fingerprint density at radius 1 is 0.926 bits per heavy atom. The summed E-state index contributed by atoms with van der Waals surface area (Å²) < 4.78 is 11.7. The zero-order valence-corrected chi connectivity index (χ0v) is 17.6. The number of benzene rings is 2. The van der Waals surface area contributed by atoms with Gasteiger partial charge in [-0.1, -0.05) is 53.7 Å². The first-order valence-electron chi connectivity index (χ1n) is 9.32. The standard InChI is InChI=1S/C21H24Cl3NO2/c1-2-26-20-11-15(12-25-16-5-3-4-6-16)10-19(24)21(20)27-13-14-7-8-17(22)18(23)9-14/h7-11,16,25H,2-6,12-13H2,1H3. The zero-order valence-electron chi connectivity index (χ0n) is 15.4. The highest BCUT2D eigenvalue weighted by Gasteiger charge is 2.16. The summed E-state index contributed by atoms with van der Waals surface area (Å²) in [7, 11) is 0. The second-order valence-corrected chi connectivity index (χ2v) is 7.96. The largest absolute Gasteiger partial charge is 0.490 e. The molecule has 1 aliphatic carbocycles. The van der Waals surface area contributed by atoms with Crippen molar-refractivity contribution < 1.29 is 9.47 Å². The maximum atomic E-state index is 6.51. The maximum absolute atomic E-state index is 6.51. The molecule has 0 spiro atoms. The first-order valence-corrected chi connectivity index (χ1v) is 10.5. The molecule has 0 aromatic heterocycles. The second-order valence-electron chi connectivity index (χ2n) is 6.74. The molecule has 3 rings (SSSR count). The van der Waals surface area contributed by atoms with E-state index in [-0.39, 0.29) is 0 Å². The van der Waals surface area contributed by atoms with Crippen LogP contribution in [0.2, 0.25) is 15.1 Å². The second kappa shape index (κ2) is 9.88. The molecule has 27 heavy (non-hydrogen) atoms. The molecule has 0 atom stereocenters. The maximum Gasteiger partial charge on any atom is 0.180 e. The summed E-state index contributed by atoms with van der Waals surface area (Å²) in [5, 5.41) is 5.17. The zero-order chi connectivity index (χ0) is 19.2. The van der Waals surface area contributed by atoms with Crippen LogP contribution in [0.4, 0.5) is 0 Å². The first kappa shape index (κ1) is 20.6. The Hall–Kier alpha value is -1.13. The quantitative estimate of drug-likeness (QED) is 0.510. The van der Waals surface area contributed by atoms with E-state index < -0.39 is 0 Å². The molecule has 0 bridgehead atoms. The smallest absolute Gasteiger partial charge is 0.180 e. The minimum atomic E-state index is 0.330. The monoisotopic (exact) mass is 427 g/mol. The van der Waals surface area contributed by atoms with Crippen LogP contribution < -0.4 is 14.8 Å². The molecule has 0 saturated heterocycles. The van der Waals surface area contributed by atoms with E-state index in [9.17, 15) is 0 Å². The molecule has 0 unspecified atom stereocenters. The molecule has 1 aliphatic rings. The van der Waals surface area contributed by atoms with Crippen molar-refractivity contribution in [3.05, 3.63) is 56.5 Å². The molecule has 2 aromatic carbocycles. The van der Waals surface area contributed by atoms with Gasteiger partial charge in [0.25, 0.3) is 0 Å². The van der Waals surface area contributed by atoms with Crippen molar-refractivity contribution in [2.75, 3.05) is 6.61 Å². The summed E-state index contributed by atoms with van der Waals surface area (Å²) in [6.45, 7) is 3.59. The van der Waals surface area contributed by atoms with Gasteiger partial charge in [-0.2, -0.15) is 0 Å². The van der Waals surface area contributed by atoms with E-state index in [1.165, 1.54) is 25.7 Å². The van der Waals surface area contributed by atoms with Crippen LogP contribution in [0, 0.1) is 0 Å². The fourth-order valence-corrected chi connectivity index (χ4v) is 3.91. The third-order valence-corrected chi connectivity index (χ3v) is 5.71. The SMILES string of the molecule is CCOc1cc(CNC2CCCC2)cc(Cl)c1OCc1ccc(Cl)c(Cl)c1. The lowest BCUT2D eigenvalue weighted by atomic mass is 10.1. The van der Waals surface area contributed by atoms with Crippen LogP contribution in [0.5, 0.6) is 11.5 Å². The minimum Gasteiger partial charge on any atom is -0.490 e. The van der Waals surface area contributed by atoms with E-state index in [0.717, 1.165) is 17.7 Å². The average Bonchev–Trinajstić information content (AvgIpc) is 3.16. The topological polar surface area (TPSA) is 30.5 Å². The Kier molecular flexibility index (Phi) is 7.54. The van der Waals surface area contributed by atoms with E-state index in [1.54, 1.807) is 12.1 Å². The van der Waals surface area contributed by atoms with Gasteiger partial charge in [0.15, 0.2) is 11.5 Å². The van der Waals surface area contributed by atoms with E-state index in [0.29, 0.717) is 45.8 Å². The molecule has 2 aromatic rings. The number of rotatable bonds is 8. The number of nitrogens with one attached hydrogen (secondary N) is 1. The Balaban J connectivity index is 1.71. The van der Waals surface area contributed by atoms with Crippen LogP contribution in [-0.2, 0) is 13.2 Å². The highest BCUT2D eigenvalue weighted by Crippen LogP contribution is 2.37. The third kappa shape index (κ3) is 5.68. The van der Waals surface area contributed by atoms with Crippen molar-refractivity contribution in [2.45, 2.75) is 51.8 Å². The normalized spacial score (nSPS) is 14.5. The summed E-state index contributed by atoms with van der Waals surface area (Å²) >= 11 is 18.5. The molecule has 1 N–H and O–H groups in total. The molecular weight excluding hydrogens is 405 g/mol. The molecule has 0 radical (unpaired) electrons. The van der Waals surface area contributed by atoms with Crippen LogP contribution in [0.3, 0.4) is 0 Å². The molecule has 0 aliphatic heterocycles. The van der Waals surface area contributed by atoms with Crippen molar-refractivity contribution in [3.8, 4) is 11.5 Å². The van der Waals surface area contributed by atoms with Gasteiger partial charge in [-0.05, 0) is 55.2 Å². The fraction of sp³-hybridized carbons (Fsp3) is 0.429. The van der Waals surface area contributed by atoms with Gasteiger partial charge in [0.1, 0.15) is 6.61 Å². The van der Waals surface area contributed by atoms with Gasteiger partial charge in [0.2, 0.25) is 0 Å². The van der Waals surface area contributed by atoms with Gasteiger partial charge >= 0.3 is 0 Å². The van der Waals surface area contributed by atoms with Gasteiger partial charge in [-0.15, -0.1) is 0 Å². The van der Waals surface area contributed by atoms with Gasteiger partial charge in [-0.25, -0.2) is 0 Å². The van der Waals surface area contributed by atoms with Crippen molar-refractivity contribution in [1.82, 2.24) is 5.32 Å². The van der Waals surface area contributed by atoms with E-state index in [2.05, 4.69) is 5.32 Å². The Morgan fingerprint density at radius 3 is 2.37 bits per heavy atom. The van der Waals surface area contributed by atoms with E-state index in [1.807, 2.05) is 25.1 Å². The number of halogens is 3. The third-order valence-electron chi connectivity index (χ3n) is 4.69. The predicted molar refractivity (Wildman–Crippen MR) is 113 cm³/mol. The minimum absolute atomic E-state index is 0.330. The van der Waals surface area contributed by atoms with E-state index >= 15 is 0 Å². The molecule has 1 fully saturated rings. The molecule has 3 nitrogen and oxygen atoms in total. The van der Waals surface area contributed by atoms with Crippen LogP contribution in [0.15, 0.2) is 30.3 Å². The number of hydrogen-bond acceptors (Lipinski definition) is 3. The highest BCUT2D eigenvalue weighted by molar-refractivity contribution is 6.42. The van der Waals surface area contributed by atoms with Crippen molar-refractivity contribution in [2.24, 2.45) is 0 Å². The molecular formula is C21H24Cl3NO2. The summed E-state index contributed by atoms with van der Waals surface area (Å²) in [5.74, 6) is 1.21. The van der Waals surface area contributed by atoms with Crippen LogP contribution >= 0.6 is 34.8 Å². The summed E-state index contributed by atoms with van der Waals surface area (Å²) in [6.07, 6.45) is 5.11. The molecule has 0 amide bonds. The average molecular weight is 429 g/mol. The van der Waals surface area contributed by atoms with E-state index in [4.69, 9.17) is 44.3 Å². The molecule has 146 valence electrons. The van der Waals surface area contributed by atoms with Crippen LogP contribution in [0.1, 0.15) is 43.7 Å². The van der Waals surface area contributed by atoms with Gasteiger partial charge < -0.3 is 14.8 Å². The fourth-order valence-electron chi connectivity index (χ4n) is 3.30. The molecule has 1 saturated carbocycles. The molecule has 0 heterocycles. The van der Waals surface area contributed by atoms with Gasteiger partial charge in [0.05, 0.1) is 21.7 Å². The summed E-state index contributed by atoms with van der Waals surface area (Å²) in [4.78, 5) is 0. The number of hydrogen-bond donors (Lipinski definition) is 1. The van der Waals surface area contributed by atoms with Crippen LogP contribution in [-0.4, -0.2) is 12.6 Å². The van der Waals surface area contributed by atoms with Gasteiger partial charge in [0, 0.05) is 12.6 Å². The predicted octanol–water partition coefficient (Wildman–Crippen LogP) is 6.66. The van der Waals surface area contributed by atoms with Gasteiger partial charge in [-0.3, -0.25) is 0 Å². The lowest BCUT2D eigenvalue weighted by Gasteiger charge is -2.17. The lowest BCUT2D eigenvalue weighted by molar-refractivity contribution is 0.269.